The summed E-state index contributed by atoms with van der Waals surface area (Å²) in [5.74, 6) is -0.624. The molecular weight excluding hydrogens is 1200 g/mol. The van der Waals surface area contributed by atoms with E-state index in [0.29, 0.717) is 25.7 Å². The molecule has 91 heavy (non-hydrogen) atoms. The Labute approximate surface area is 554 Å². The molecule has 0 amide bonds. The lowest BCUT2D eigenvalue weighted by atomic mass is 10.0. The largest absolute Gasteiger partial charge is 0.472 e. The number of phosphoric acid groups is 2. The van der Waals surface area contributed by atoms with Gasteiger partial charge in [-0.1, -0.05) is 291 Å². The first-order chi connectivity index (χ1) is 43.9. The number of unbranched alkanes of at least 4 members (excludes halogenated alkanes) is 36. The van der Waals surface area contributed by atoms with Crippen molar-refractivity contribution in [3.63, 3.8) is 0 Å². The predicted molar refractivity (Wildman–Crippen MR) is 367 cm³/mol. The number of ether oxygens (including phenoxy) is 4. The number of esters is 4. The van der Waals surface area contributed by atoms with E-state index in [-0.39, 0.29) is 25.7 Å². The third kappa shape index (κ3) is 66.0. The normalized spacial score (nSPS) is 14.3. The molecule has 0 aromatic heterocycles. The summed E-state index contributed by atoms with van der Waals surface area (Å²) in [6, 6.07) is 0. The van der Waals surface area contributed by atoms with E-state index in [4.69, 9.17) is 37.0 Å². The maximum atomic E-state index is 13.0. The zero-order valence-electron chi connectivity index (χ0n) is 58.6. The van der Waals surface area contributed by atoms with Crippen molar-refractivity contribution in [2.75, 3.05) is 39.6 Å². The van der Waals surface area contributed by atoms with Crippen molar-refractivity contribution in [3.8, 4) is 0 Å². The van der Waals surface area contributed by atoms with E-state index in [1.54, 1.807) is 0 Å². The minimum absolute atomic E-state index is 0.0849. The van der Waals surface area contributed by atoms with Gasteiger partial charge in [0.25, 0.3) is 0 Å². The summed E-state index contributed by atoms with van der Waals surface area (Å²) in [6.07, 6.45) is 52.1. The Morgan fingerprint density at radius 2 is 0.593 bits per heavy atom. The maximum Gasteiger partial charge on any atom is 0.472 e. The summed E-state index contributed by atoms with van der Waals surface area (Å²) in [5, 5.41) is 10.6. The molecule has 0 aromatic rings. The SMILES string of the molecule is CCCCCC/C=C\C=C/CCCCCCCC(=O)O[C@H](COC(=O)CCCCCCCCCCCCCCC(C)C)COP(=O)(O)OC[C@@H](O)COP(=O)(O)OC[C@@H](COC(=O)CCCCCCCCCC)OC(=O)CCCCCCCCCCCCC(C)C. The molecule has 0 aliphatic carbocycles. The highest BCUT2D eigenvalue weighted by molar-refractivity contribution is 7.47. The van der Waals surface area contributed by atoms with Crippen LogP contribution in [0.25, 0.3) is 0 Å². The zero-order chi connectivity index (χ0) is 67.2. The number of carbonyl (C=O) groups is 4. The number of allylic oxidation sites excluding steroid dienone is 4. The van der Waals surface area contributed by atoms with Crippen LogP contribution in [0.4, 0.5) is 0 Å². The molecule has 2 unspecified atom stereocenters. The van der Waals surface area contributed by atoms with Gasteiger partial charge in [0.05, 0.1) is 26.4 Å². The van der Waals surface area contributed by atoms with Gasteiger partial charge in [-0.15, -0.1) is 0 Å². The second-order valence-electron chi connectivity index (χ2n) is 26.2. The molecular formula is C72H136O17P2. The van der Waals surface area contributed by atoms with Gasteiger partial charge in [0, 0.05) is 25.7 Å². The zero-order valence-corrected chi connectivity index (χ0v) is 60.4. The molecule has 0 radical (unpaired) electrons. The average molecular weight is 1340 g/mol. The molecule has 0 heterocycles. The van der Waals surface area contributed by atoms with Crippen LogP contribution in [-0.2, 0) is 65.4 Å². The number of carbonyl (C=O) groups excluding carboxylic acids is 4. The van der Waals surface area contributed by atoms with Crippen LogP contribution in [0.1, 0.15) is 343 Å². The Bertz CT molecular complexity index is 1860. The van der Waals surface area contributed by atoms with Crippen molar-refractivity contribution >= 4 is 39.5 Å². The Morgan fingerprint density at radius 1 is 0.341 bits per heavy atom. The fourth-order valence-electron chi connectivity index (χ4n) is 10.4. The Balaban J connectivity index is 5.27. The van der Waals surface area contributed by atoms with E-state index >= 15 is 0 Å². The molecule has 0 aromatic carbocycles. The van der Waals surface area contributed by atoms with Crippen molar-refractivity contribution in [1.82, 2.24) is 0 Å². The maximum absolute atomic E-state index is 13.0. The van der Waals surface area contributed by atoms with Gasteiger partial charge in [-0.3, -0.25) is 37.3 Å². The monoisotopic (exact) mass is 1330 g/mol. The van der Waals surface area contributed by atoms with Crippen molar-refractivity contribution in [1.29, 1.82) is 0 Å². The second-order valence-corrected chi connectivity index (χ2v) is 29.2. The molecule has 17 nitrogen and oxygen atoms in total. The lowest BCUT2D eigenvalue weighted by Crippen LogP contribution is -2.30. The van der Waals surface area contributed by atoms with E-state index in [2.05, 4.69) is 65.8 Å². The van der Waals surface area contributed by atoms with Crippen LogP contribution >= 0.6 is 15.6 Å². The minimum atomic E-state index is -4.96. The molecule has 536 valence electrons. The van der Waals surface area contributed by atoms with Crippen molar-refractivity contribution in [2.45, 2.75) is 362 Å². The van der Waals surface area contributed by atoms with Crippen LogP contribution in [-0.4, -0.2) is 96.7 Å². The van der Waals surface area contributed by atoms with E-state index < -0.39 is 97.5 Å². The minimum Gasteiger partial charge on any atom is -0.462 e. The van der Waals surface area contributed by atoms with Gasteiger partial charge >= 0.3 is 39.5 Å². The highest BCUT2D eigenvalue weighted by Crippen LogP contribution is 2.45. The van der Waals surface area contributed by atoms with Gasteiger partial charge in [-0.2, -0.15) is 0 Å². The summed E-state index contributed by atoms with van der Waals surface area (Å²) in [6.45, 7) is 9.47. The van der Waals surface area contributed by atoms with Crippen LogP contribution in [0.5, 0.6) is 0 Å². The van der Waals surface area contributed by atoms with E-state index in [0.717, 1.165) is 121 Å². The molecule has 0 saturated heterocycles. The van der Waals surface area contributed by atoms with Gasteiger partial charge in [0.2, 0.25) is 0 Å². The molecule has 0 fully saturated rings. The highest BCUT2D eigenvalue weighted by atomic mass is 31.2. The van der Waals surface area contributed by atoms with Crippen LogP contribution in [0.2, 0.25) is 0 Å². The number of phosphoric ester groups is 2. The van der Waals surface area contributed by atoms with Gasteiger partial charge in [0.1, 0.15) is 19.3 Å². The molecule has 3 N–H and O–H groups in total. The second kappa shape index (κ2) is 63.6. The molecule has 0 rings (SSSR count). The van der Waals surface area contributed by atoms with Crippen LogP contribution in [0, 0.1) is 11.8 Å². The Kier molecular flexibility index (Phi) is 61.9. The number of aliphatic hydroxyl groups is 1. The number of hydrogen-bond acceptors (Lipinski definition) is 15. The van der Waals surface area contributed by atoms with Crippen molar-refractivity contribution in [2.24, 2.45) is 11.8 Å². The lowest BCUT2D eigenvalue weighted by Gasteiger charge is -2.21. The predicted octanol–water partition coefficient (Wildman–Crippen LogP) is 20.3. The van der Waals surface area contributed by atoms with Gasteiger partial charge < -0.3 is 33.8 Å². The standard InChI is InChI=1S/C72H136O17P2/c1-7-9-11-13-15-17-18-19-20-21-26-32-38-44-50-56-71(76)89-68(61-83-70(75)55-49-43-37-31-25-23-22-24-29-34-40-46-52-64(3)4)63-87-91(80,81)85-59-66(73)58-84-90(78,79)86-62-67(60-82-69(74)54-48-42-36-16-14-12-10-8-2)88-72(77)57-51-45-39-33-28-27-30-35-41-47-53-65(5)6/h17-20,64-68,73H,7-16,21-63H2,1-6H3,(H,78,79)(H,80,81)/b18-17-,20-19-/t66-,67+,68+/m0/s1. The summed E-state index contributed by atoms with van der Waals surface area (Å²) in [5.41, 5.74) is 0. The summed E-state index contributed by atoms with van der Waals surface area (Å²) in [4.78, 5) is 72.5. The average Bonchev–Trinajstić information content (AvgIpc) is 3.67. The first-order valence-corrected chi connectivity index (χ1v) is 39.8. The first kappa shape index (κ1) is 88.5. The van der Waals surface area contributed by atoms with Crippen molar-refractivity contribution < 1.29 is 80.2 Å². The Morgan fingerprint density at radius 3 is 0.901 bits per heavy atom. The molecule has 0 spiro atoms. The molecule has 0 aliphatic rings. The fraction of sp³-hybridized carbons (Fsp3) is 0.889. The van der Waals surface area contributed by atoms with Gasteiger partial charge in [-0.25, -0.2) is 9.13 Å². The van der Waals surface area contributed by atoms with Gasteiger partial charge in [-0.05, 0) is 63.2 Å². The topological polar surface area (TPSA) is 237 Å². The smallest absolute Gasteiger partial charge is 0.462 e. The Hall–Kier alpha value is -2.46. The molecule has 5 atom stereocenters. The summed E-state index contributed by atoms with van der Waals surface area (Å²) in [7, 11) is -9.91. The molecule has 0 bridgehead atoms. The third-order valence-corrected chi connectivity index (χ3v) is 18.0. The quantitative estimate of drug-likeness (QED) is 0.0169. The van der Waals surface area contributed by atoms with E-state index in [1.165, 1.54) is 141 Å². The number of aliphatic hydroxyl groups excluding tert-OH is 1. The van der Waals surface area contributed by atoms with Crippen LogP contribution < -0.4 is 0 Å². The van der Waals surface area contributed by atoms with Gasteiger partial charge in [0.15, 0.2) is 12.2 Å². The fourth-order valence-corrected chi connectivity index (χ4v) is 12.0. The summed E-state index contributed by atoms with van der Waals surface area (Å²) >= 11 is 0. The molecule has 19 heteroatoms. The first-order valence-electron chi connectivity index (χ1n) is 36.8. The number of hydrogen-bond donors (Lipinski definition) is 3. The lowest BCUT2D eigenvalue weighted by molar-refractivity contribution is -0.161. The van der Waals surface area contributed by atoms with Crippen LogP contribution in [0.3, 0.4) is 0 Å². The molecule has 0 aliphatic heterocycles. The van der Waals surface area contributed by atoms with E-state index in [1.807, 2.05) is 0 Å². The molecule has 0 saturated carbocycles. The van der Waals surface area contributed by atoms with Crippen LogP contribution in [0.15, 0.2) is 24.3 Å². The van der Waals surface area contributed by atoms with Crippen molar-refractivity contribution in [3.05, 3.63) is 24.3 Å². The summed E-state index contributed by atoms with van der Waals surface area (Å²) < 4.78 is 68.3. The third-order valence-electron chi connectivity index (χ3n) is 16.1. The number of rotatable bonds is 69. The highest BCUT2D eigenvalue weighted by Gasteiger charge is 2.30. The van der Waals surface area contributed by atoms with E-state index in [9.17, 15) is 43.2 Å².